The van der Waals surface area contributed by atoms with Crippen molar-refractivity contribution >= 4 is 21.6 Å². The topological polar surface area (TPSA) is 114 Å². The Morgan fingerprint density at radius 3 is 2.45 bits per heavy atom. The molecular weight excluding hydrogens is 399 g/mol. The number of nitrogens with one attached hydrogen (secondary N) is 2. The van der Waals surface area contributed by atoms with Crippen molar-refractivity contribution in [3.63, 3.8) is 0 Å². The number of anilines is 1. The maximum Gasteiger partial charge on any atom is 0.261 e. The van der Waals surface area contributed by atoms with Crippen LogP contribution in [0.1, 0.15) is 40.8 Å². The summed E-state index contributed by atoms with van der Waals surface area (Å²) in [6.45, 7) is 0.133. The molecule has 1 amide bonds. The molecule has 8 nitrogen and oxygen atoms in total. The van der Waals surface area contributed by atoms with Crippen molar-refractivity contribution < 1.29 is 22.1 Å². The predicted molar refractivity (Wildman–Crippen MR) is 101 cm³/mol. The molecule has 1 fully saturated rings. The Balaban J connectivity index is 1.36. The summed E-state index contributed by atoms with van der Waals surface area (Å²) in [5, 5.41) is 6.52. The number of carbonyl (C=O) groups excluding carboxylic acids is 1. The van der Waals surface area contributed by atoms with Gasteiger partial charge in [0, 0.05) is 17.2 Å². The summed E-state index contributed by atoms with van der Waals surface area (Å²) in [6.07, 6.45) is 2.09. The molecule has 2 aromatic carbocycles. The molecule has 150 valence electrons. The molecule has 1 heterocycles. The summed E-state index contributed by atoms with van der Waals surface area (Å²) in [6, 6.07) is 10.4. The summed E-state index contributed by atoms with van der Waals surface area (Å²) in [7, 11) is -3.85. The van der Waals surface area contributed by atoms with E-state index in [0.717, 1.165) is 25.0 Å². The van der Waals surface area contributed by atoms with Gasteiger partial charge in [-0.15, -0.1) is 0 Å². The Morgan fingerprint density at radius 2 is 1.79 bits per heavy atom. The molecule has 1 aliphatic rings. The smallest absolute Gasteiger partial charge is 0.261 e. The molecule has 2 N–H and O–H groups in total. The fourth-order valence-electron chi connectivity index (χ4n) is 2.61. The van der Waals surface area contributed by atoms with Crippen LogP contribution in [-0.4, -0.2) is 24.5 Å². The van der Waals surface area contributed by atoms with E-state index in [2.05, 4.69) is 20.2 Å². The number of sulfonamides is 1. The quantitative estimate of drug-likeness (QED) is 0.612. The van der Waals surface area contributed by atoms with Gasteiger partial charge in [0.15, 0.2) is 5.82 Å². The maximum atomic E-state index is 13.0. The Kier molecular flexibility index (Phi) is 5.01. The van der Waals surface area contributed by atoms with Gasteiger partial charge in [-0.05, 0) is 61.4 Å². The van der Waals surface area contributed by atoms with E-state index in [9.17, 15) is 17.6 Å². The molecule has 1 aromatic heterocycles. The highest BCUT2D eigenvalue weighted by Gasteiger charge is 2.29. The minimum atomic E-state index is -3.85. The number of aromatic nitrogens is 2. The molecule has 1 saturated carbocycles. The van der Waals surface area contributed by atoms with Gasteiger partial charge in [-0.25, -0.2) is 12.8 Å². The monoisotopic (exact) mass is 416 g/mol. The second-order valence-electron chi connectivity index (χ2n) is 6.64. The van der Waals surface area contributed by atoms with E-state index in [-0.39, 0.29) is 23.0 Å². The number of rotatable bonds is 7. The van der Waals surface area contributed by atoms with Crippen LogP contribution in [0, 0.1) is 5.82 Å². The first-order chi connectivity index (χ1) is 13.9. The molecule has 29 heavy (non-hydrogen) atoms. The van der Waals surface area contributed by atoms with Gasteiger partial charge in [0.2, 0.25) is 5.89 Å². The van der Waals surface area contributed by atoms with E-state index in [1.807, 2.05) is 0 Å². The Morgan fingerprint density at radius 1 is 1.10 bits per heavy atom. The zero-order valence-electron chi connectivity index (χ0n) is 15.1. The van der Waals surface area contributed by atoms with Crippen LogP contribution in [0.15, 0.2) is 57.9 Å². The summed E-state index contributed by atoms with van der Waals surface area (Å²) in [4.78, 5) is 16.4. The van der Waals surface area contributed by atoms with Crippen molar-refractivity contribution in [1.82, 2.24) is 15.5 Å². The van der Waals surface area contributed by atoms with Crippen LogP contribution in [-0.2, 0) is 16.6 Å². The first kappa shape index (κ1) is 19.1. The van der Waals surface area contributed by atoms with Gasteiger partial charge in [0.1, 0.15) is 5.82 Å². The van der Waals surface area contributed by atoms with Crippen LogP contribution in [0.2, 0.25) is 0 Å². The van der Waals surface area contributed by atoms with Crippen molar-refractivity contribution in [2.45, 2.75) is 30.2 Å². The molecule has 0 spiro atoms. The zero-order chi connectivity index (χ0) is 20.4. The van der Waals surface area contributed by atoms with Crippen LogP contribution in [0.4, 0.5) is 10.1 Å². The van der Waals surface area contributed by atoms with Crippen molar-refractivity contribution in [2.75, 3.05) is 4.72 Å². The first-order valence-corrected chi connectivity index (χ1v) is 10.4. The Bertz CT molecular complexity index is 1120. The summed E-state index contributed by atoms with van der Waals surface area (Å²) < 4.78 is 45.1. The van der Waals surface area contributed by atoms with E-state index in [1.54, 1.807) is 0 Å². The minimum Gasteiger partial charge on any atom is -0.345 e. The van der Waals surface area contributed by atoms with Gasteiger partial charge in [-0.1, -0.05) is 5.16 Å². The van der Waals surface area contributed by atoms with Crippen molar-refractivity contribution in [2.24, 2.45) is 0 Å². The number of nitrogens with zero attached hydrogens (tertiary/aromatic N) is 2. The third kappa shape index (κ3) is 4.60. The minimum absolute atomic E-state index is 0.0635. The average Bonchev–Trinajstić information content (AvgIpc) is 3.45. The fourth-order valence-corrected chi connectivity index (χ4v) is 3.67. The number of hydrogen-bond acceptors (Lipinski definition) is 6. The van der Waals surface area contributed by atoms with Gasteiger partial charge in [-0.3, -0.25) is 9.52 Å². The molecule has 3 aromatic rings. The number of amides is 1. The Hall–Kier alpha value is -3.27. The first-order valence-electron chi connectivity index (χ1n) is 8.90. The van der Waals surface area contributed by atoms with Gasteiger partial charge in [0.05, 0.1) is 11.4 Å². The predicted octanol–water partition coefficient (Wildman–Crippen LogP) is 2.82. The van der Waals surface area contributed by atoms with Gasteiger partial charge < -0.3 is 9.84 Å². The van der Waals surface area contributed by atoms with E-state index in [4.69, 9.17) is 4.52 Å². The number of hydrogen-bond donors (Lipinski definition) is 2. The van der Waals surface area contributed by atoms with Crippen molar-refractivity contribution in [3.05, 3.63) is 71.6 Å². The van der Waals surface area contributed by atoms with Gasteiger partial charge >= 0.3 is 0 Å². The van der Waals surface area contributed by atoms with E-state index in [0.29, 0.717) is 23.2 Å². The van der Waals surface area contributed by atoms with Crippen LogP contribution in [0.5, 0.6) is 0 Å². The second kappa shape index (κ2) is 7.63. The molecule has 0 bridgehead atoms. The molecule has 0 aliphatic heterocycles. The van der Waals surface area contributed by atoms with Gasteiger partial charge in [0.25, 0.3) is 15.9 Å². The highest BCUT2D eigenvalue weighted by Crippen LogP contribution is 2.38. The maximum absolute atomic E-state index is 13.0. The standard InChI is InChI=1S/C19H17FN4O4S/c20-14-5-9-16(10-6-14)29(26,27)24-15-7-3-12(4-8-15)18(25)21-11-17-22-19(28-23-17)13-1-2-13/h3-10,13,24H,1-2,11H2,(H,21,25). The lowest BCUT2D eigenvalue weighted by Crippen LogP contribution is -2.23. The number of benzene rings is 2. The van der Waals surface area contributed by atoms with Crippen LogP contribution in [0.3, 0.4) is 0 Å². The van der Waals surface area contributed by atoms with Crippen LogP contribution < -0.4 is 10.0 Å². The highest BCUT2D eigenvalue weighted by atomic mass is 32.2. The zero-order valence-corrected chi connectivity index (χ0v) is 15.9. The molecule has 0 saturated heterocycles. The third-order valence-corrected chi connectivity index (χ3v) is 5.74. The number of carbonyl (C=O) groups is 1. The van der Waals surface area contributed by atoms with E-state index in [1.165, 1.54) is 36.4 Å². The highest BCUT2D eigenvalue weighted by molar-refractivity contribution is 7.92. The molecular formula is C19H17FN4O4S. The molecule has 1 aliphatic carbocycles. The fraction of sp³-hybridized carbons (Fsp3) is 0.211. The van der Waals surface area contributed by atoms with Crippen molar-refractivity contribution in [3.8, 4) is 0 Å². The van der Waals surface area contributed by atoms with Gasteiger partial charge in [-0.2, -0.15) is 4.98 Å². The lowest BCUT2D eigenvalue weighted by Gasteiger charge is -2.09. The lowest BCUT2D eigenvalue weighted by atomic mass is 10.2. The lowest BCUT2D eigenvalue weighted by molar-refractivity contribution is 0.0949. The molecule has 0 radical (unpaired) electrons. The third-order valence-electron chi connectivity index (χ3n) is 4.34. The normalized spacial score (nSPS) is 13.8. The largest absolute Gasteiger partial charge is 0.345 e. The summed E-state index contributed by atoms with van der Waals surface area (Å²) >= 11 is 0. The Labute approximate surface area is 166 Å². The van der Waals surface area contributed by atoms with E-state index >= 15 is 0 Å². The molecule has 4 rings (SSSR count). The van der Waals surface area contributed by atoms with Crippen molar-refractivity contribution in [1.29, 1.82) is 0 Å². The SMILES string of the molecule is O=C(NCc1noc(C2CC2)n1)c1ccc(NS(=O)(=O)c2ccc(F)cc2)cc1. The summed E-state index contributed by atoms with van der Waals surface area (Å²) in [5.41, 5.74) is 0.624. The molecule has 10 heteroatoms. The summed E-state index contributed by atoms with van der Waals surface area (Å²) in [5.74, 6) is 0.480. The van der Waals surface area contributed by atoms with Crippen LogP contribution >= 0.6 is 0 Å². The molecule has 0 atom stereocenters. The van der Waals surface area contributed by atoms with E-state index < -0.39 is 15.8 Å². The number of halogens is 1. The average molecular weight is 416 g/mol. The molecule has 0 unspecified atom stereocenters. The second-order valence-corrected chi connectivity index (χ2v) is 8.32. The van der Waals surface area contributed by atoms with Crippen LogP contribution in [0.25, 0.3) is 0 Å².